The molecule has 1 N–H and O–H groups in total. The van der Waals surface area contributed by atoms with Gasteiger partial charge in [0.15, 0.2) is 5.78 Å². The van der Waals surface area contributed by atoms with Crippen LogP contribution in [0.1, 0.15) is 40.1 Å². The minimum Gasteiger partial charge on any atom is -0.493 e. The lowest BCUT2D eigenvalue weighted by Gasteiger charge is -2.13. The lowest BCUT2D eigenvalue weighted by Crippen LogP contribution is -2.13. The molecular weight excluding hydrogens is 366 g/mol. The number of rotatable bonds is 8. The predicted octanol–water partition coefficient (Wildman–Crippen LogP) is 5.12. The molecule has 5 nitrogen and oxygen atoms in total. The van der Waals surface area contributed by atoms with E-state index < -0.39 is 0 Å². The maximum absolute atomic E-state index is 12.7. The van der Waals surface area contributed by atoms with Crippen molar-refractivity contribution in [3.05, 3.63) is 89.5 Å². The number of amides is 1. The van der Waals surface area contributed by atoms with Gasteiger partial charge in [0.1, 0.15) is 18.1 Å². The van der Waals surface area contributed by atoms with E-state index >= 15 is 0 Å². The highest BCUT2D eigenvalue weighted by Crippen LogP contribution is 2.23. The van der Waals surface area contributed by atoms with Gasteiger partial charge in [-0.25, -0.2) is 0 Å². The monoisotopic (exact) mass is 389 g/mol. The highest BCUT2D eigenvalue weighted by Gasteiger charge is 2.12. The zero-order valence-corrected chi connectivity index (χ0v) is 16.5. The number of hydrogen-bond acceptors (Lipinski definition) is 4. The van der Waals surface area contributed by atoms with Crippen LogP contribution < -0.4 is 14.8 Å². The standard InChI is InChI=1S/C24H23NO4/c1-3-28-23-13-12-19(14-20(23)16-29-22-10-5-4-6-11-22)24(27)25-21-9-7-8-18(15-21)17(2)26/h4-15H,3,16H2,1-2H3,(H,25,27). The van der Waals surface area contributed by atoms with Gasteiger partial charge in [-0.3, -0.25) is 9.59 Å². The molecule has 5 heteroatoms. The average Bonchev–Trinajstić information content (AvgIpc) is 2.74. The fourth-order valence-electron chi connectivity index (χ4n) is 2.83. The Labute approximate surface area is 170 Å². The van der Waals surface area contributed by atoms with Crippen molar-refractivity contribution in [2.75, 3.05) is 11.9 Å². The number of ketones is 1. The summed E-state index contributed by atoms with van der Waals surface area (Å²) in [5.41, 5.74) is 2.37. The fraction of sp³-hybridized carbons (Fsp3) is 0.167. The van der Waals surface area contributed by atoms with E-state index in [0.717, 1.165) is 11.3 Å². The van der Waals surface area contributed by atoms with Crippen molar-refractivity contribution in [3.63, 3.8) is 0 Å². The summed E-state index contributed by atoms with van der Waals surface area (Å²) in [4.78, 5) is 24.3. The lowest BCUT2D eigenvalue weighted by molar-refractivity contribution is 0.101. The van der Waals surface area contributed by atoms with Gasteiger partial charge in [0, 0.05) is 22.4 Å². The van der Waals surface area contributed by atoms with Gasteiger partial charge in [-0.15, -0.1) is 0 Å². The van der Waals surface area contributed by atoms with Crippen LogP contribution in [-0.4, -0.2) is 18.3 Å². The summed E-state index contributed by atoms with van der Waals surface area (Å²) in [7, 11) is 0. The highest BCUT2D eigenvalue weighted by molar-refractivity contribution is 6.05. The number of nitrogens with one attached hydrogen (secondary N) is 1. The summed E-state index contributed by atoms with van der Waals surface area (Å²) in [5, 5.41) is 2.83. The Morgan fingerprint density at radius 1 is 0.862 bits per heavy atom. The number of ether oxygens (including phenoxy) is 2. The molecule has 148 valence electrons. The molecule has 3 rings (SSSR count). The Kier molecular flexibility index (Phi) is 6.63. The Morgan fingerprint density at radius 2 is 1.66 bits per heavy atom. The third-order valence-corrected chi connectivity index (χ3v) is 4.29. The molecule has 0 heterocycles. The number of benzene rings is 3. The van der Waals surface area contributed by atoms with E-state index in [1.165, 1.54) is 6.92 Å². The van der Waals surface area contributed by atoms with Crippen LogP contribution in [0.25, 0.3) is 0 Å². The normalized spacial score (nSPS) is 10.3. The third-order valence-electron chi connectivity index (χ3n) is 4.29. The summed E-state index contributed by atoms with van der Waals surface area (Å²) in [6, 6.07) is 21.6. The second kappa shape index (κ2) is 9.55. The van der Waals surface area contributed by atoms with Crippen LogP contribution in [0.3, 0.4) is 0 Å². The van der Waals surface area contributed by atoms with E-state index in [0.29, 0.717) is 29.2 Å². The van der Waals surface area contributed by atoms with Gasteiger partial charge in [0.2, 0.25) is 0 Å². The first kappa shape index (κ1) is 20.1. The average molecular weight is 389 g/mol. The van der Waals surface area contributed by atoms with Crippen molar-refractivity contribution in [3.8, 4) is 11.5 Å². The second-order valence-corrected chi connectivity index (χ2v) is 6.45. The zero-order chi connectivity index (χ0) is 20.6. The number of para-hydroxylation sites is 1. The van der Waals surface area contributed by atoms with E-state index in [1.807, 2.05) is 37.3 Å². The molecule has 0 aliphatic heterocycles. The van der Waals surface area contributed by atoms with Crippen LogP contribution >= 0.6 is 0 Å². The van der Waals surface area contributed by atoms with Crippen LogP contribution in [0.5, 0.6) is 11.5 Å². The van der Waals surface area contributed by atoms with Gasteiger partial charge in [-0.2, -0.15) is 0 Å². The van der Waals surface area contributed by atoms with Crippen LogP contribution in [-0.2, 0) is 6.61 Å². The first-order valence-electron chi connectivity index (χ1n) is 9.42. The van der Waals surface area contributed by atoms with E-state index in [1.54, 1.807) is 42.5 Å². The van der Waals surface area contributed by atoms with Crippen molar-refractivity contribution in [2.45, 2.75) is 20.5 Å². The van der Waals surface area contributed by atoms with Gasteiger partial charge in [0.25, 0.3) is 5.91 Å². The molecule has 0 bridgehead atoms. The molecule has 0 unspecified atom stereocenters. The van der Waals surface area contributed by atoms with Gasteiger partial charge >= 0.3 is 0 Å². The molecule has 29 heavy (non-hydrogen) atoms. The molecule has 1 amide bonds. The SMILES string of the molecule is CCOc1ccc(C(=O)Nc2cccc(C(C)=O)c2)cc1COc1ccccc1. The Morgan fingerprint density at radius 3 is 2.38 bits per heavy atom. The van der Waals surface area contributed by atoms with Gasteiger partial charge in [0.05, 0.1) is 6.61 Å². The van der Waals surface area contributed by atoms with Crippen LogP contribution in [0, 0.1) is 0 Å². The van der Waals surface area contributed by atoms with Crippen LogP contribution in [0.4, 0.5) is 5.69 Å². The first-order valence-corrected chi connectivity index (χ1v) is 9.42. The topological polar surface area (TPSA) is 64.6 Å². The zero-order valence-electron chi connectivity index (χ0n) is 16.5. The number of Topliss-reactive ketones (excluding diaryl/α,β-unsaturated/α-hetero) is 1. The molecular formula is C24H23NO4. The number of carbonyl (C=O) groups excluding carboxylic acids is 2. The van der Waals surface area contributed by atoms with Crippen molar-refractivity contribution in [1.29, 1.82) is 0 Å². The van der Waals surface area contributed by atoms with Gasteiger partial charge in [-0.05, 0) is 56.3 Å². The third kappa shape index (κ3) is 5.45. The summed E-state index contributed by atoms with van der Waals surface area (Å²) in [6.45, 7) is 4.19. The minimum atomic E-state index is -0.269. The maximum atomic E-state index is 12.7. The van der Waals surface area contributed by atoms with E-state index in [2.05, 4.69) is 5.32 Å². The molecule has 3 aromatic carbocycles. The lowest BCUT2D eigenvalue weighted by atomic mass is 10.1. The van der Waals surface area contributed by atoms with Crippen molar-refractivity contribution in [2.24, 2.45) is 0 Å². The van der Waals surface area contributed by atoms with Gasteiger partial charge < -0.3 is 14.8 Å². The Balaban J connectivity index is 1.78. The molecule has 0 saturated carbocycles. The molecule has 0 saturated heterocycles. The number of carbonyl (C=O) groups is 2. The van der Waals surface area contributed by atoms with Gasteiger partial charge in [-0.1, -0.05) is 30.3 Å². The molecule has 0 aliphatic carbocycles. The predicted molar refractivity (Wildman–Crippen MR) is 113 cm³/mol. The molecule has 0 radical (unpaired) electrons. The molecule has 3 aromatic rings. The number of anilines is 1. The van der Waals surface area contributed by atoms with Crippen molar-refractivity contribution < 1.29 is 19.1 Å². The van der Waals surface area contributed by atoms with E-state index in [4.69, 9.17) is 9.47 Å². The molecule has 0 aromatic heterocycles. The minimum absolute atomic E-state index is 0.0532. The summed E-state index contributed by atoms with van der Waals surface area (Å²) < 4.78 is 11.5. The second-order valence-electron chi connectivity index (χ2n) is 6.45. The molecule has 0 aliphatic rings. The molecule has 0 spiro atoms. The van der Waals surface area contributed by atoms with Crippen LogP contribution in [0.15, 0.2) is 72.8 Å². The maximum Gasteiger partial charge on any atom is 0.255 e. The van der Waals surface area contributed by atoms with E-state index in [-0.39, 0.29) is 18.3 Å². The van der Waals surface area contributed by atoms with E-state index in [9.17, 15) is 9.59 Å². The Bertz CT molecular complexity index is 999. The summed E-state index contributed by atoms with van der Waals surface area (Å²) >= 11 is 0. The smallest absolute Gasteiger partial charge is 0.255 e. The fourth-order valence-corrected chi connectivity index (χ4v) is 2.83. The highest BCUT2D eigenvalue weighted by atomic mass is 16.5. The quantitative estimate of drug-likeness (QED) is 0.543. The summed E-state index contributed by atoms with van der Waals surface area (Å²) in [5.74, 6) is 1.10. The van der Waals surface area contributed by atoms with Crippen molar-refractivity contribution in [1.82, 2.24) is 0 Å². The molecule has 0 fully saturated rings. The largest absolute Gasteiger partial charge is 0.493 e. The molecule has 0 atom stereocenters. The van der Waals surface area contributed by atoms with Crippen LogP contribution in [0.2, 0.25) is 0 Å². The summed E-state index contributed by atoms with van der Waals surface area (Å²) in [6.07, 6.45) is 0. The van der Waals surface area contributed by atoms with Crippen molar-refractivity contribution >= 4 is 17.4 Å². The first-order chi connectivity index (χ1) is 14.1. The number of hydrogen-bond donors (Lipinski definition) is 1. The Hall–Kier alpha value is -3.60.